The van der Waals surface area contributed by atoms with Gasteiger partial charge < -0.3 is 14.8 Å². The highest BCUT2D eigenvalue weighted by Gasteiger charge is 2.32. The molecule has 0 bridgehead atoms. The van der Waals surface area contributed by atoms with Crippen molar-refractivity contribution < 1.29 is 13.9 Å². The van der Waals surface area contributed by atoms with Crippen molar-refractivity contribution in [3.8, 4) is 5.75 Å². The lowest BCUT2D eigenvalue weighted by molar-refractivity contribution is -0.0120. The fourth-order valence-electron chi connectivity index (χ4n) is 2.01. The Morgan fingerprint density at radius 2 is 2.00 bits per heavy atom. The summed E-state index contributed by atoms with van der Waals surface area (Å²) in [7, 11) is 3.17. The van der Waals surface area contributed by atoms with Gasteiger partial charge in [-0.3, -0.25) is 0 Å². The maximum absolute atomic E-state index is 14.2. The lowest BCUT2D eigenvalue weighted by Gasteiger charge is -2.34. The average Bonchev–Trinajstić information content (AvgIpc) is 2.40. The Bertz CT molecular complexity index is 407. The van der Waals surface area contributed by atoms with E-state index in [1.54, 1.807) is 19.2 Å². The Kier molecular flexibility index (Phi) is 5.76. The van der Waals surface area contributed by atoms with Crippen molar-refractivity contribution in [2.45, 2.75) is 38.8 Å². The van der Waals surface area contributed by atoms with E-state index in [4.69, 9.17) is 9.47 Å². The molecule has 0 aliphatic rings. The van der Waals surface area contributed by atoms with Crippen molar-refractivity contribution in [1.82, 2.24) is 5.32 Å². The lowest BCUT2D eigenvalue weighted by Crippen LogP contribution is -2.41. The van der Waals surface area contributed by atoms with Gasteiger partial charge in [-0.15, -0.1) is 0 Å². The first-order valence-corrected chi connectivity index (χ1v) is 6.58. The molecule has 0 radical (unpaired) electrons. The maximum Gasteiger partial charge on any atom is 0.131 e. The maximum atomic E-state index is 14.2. The van der Waals surface area contributed by atoms with Crippen molar-refractivity contribution >= 4 is 0 Å². The largest absolute Gasteiger partial charge is 0.497 e. The highest BCUT2D eigenvalue weighted by Crippen LogP contribution is 2.31. The number of hydrogen-bond donors (Lipinski definition) is 1. The van der Waals surface area contributed by atoms with Crippen molar-refractivity contribution in [2.75, 3.05) is 20.8 Å². The topological polar surface area (TPSA) is 30.5 Å². The number of benzene rings is 1. The van der Waals surface area contributed by atoms with Gasteiger partial charge in [0.1, 0.15) is 11.6 Å². The van der Waals surface area contributed by atoms with Gasteiger partial charge in [-0.2, -0.15) is 0 Å². The van der Waals surface area contributed by atoms with Gasteiger partial charge >= 0.3 is 0 Å². The molecule has 1 aromatic rings. The monoisotopic (exact) mass is 269 g/mol. The highest BCUT2D eigenvalue weighted by atomic mass is 19.1. The minimum atomic E-state index is -0.495. The number of hydrogen-bond acceptors (Lipinski definition) is 3. The van der Waals surface area contributed by atoms with Gasteiger partial charge in [0.15, 0.2) is 0 Å². The summed E-state index contributed by atoms with van der Waals surface area (Å²) >= 11 is 0. The Morgan fingerprint density at radius 1 is 1.32 bits per heavy atom. The van der Waals surface area contributed by atoms with Gasteiger partial charge in [-0.25, -0.2) is 4.39 Å². The number of nitrogens with one attached hydrogen (secondary N) is 1. The van der Waals surface area contributed by atoms with E-state index in [1.165, 1.54) is 13.2 Å². The van der Waals surface area contributed by atoms with Crippen LogP contribution in [0.15, 0.2) is 18.2 Å². The molecule has 0 fully saturated rings. The van der Waals surface area contributed by atoms with Crippen LogP contribution < -0.4 is 10.1 Å². The van der Waals surface area contributed by atoms with Crippen LogP contribution >= 0.6 is 0 Å². The molecule has 0 saturated carbocycles. The summed E-state index contributed by atoms with van der Waals surface area (Å²) in [5, 5.41) is 3.35. The van der Waals surface area contributed by atoms with Crippen LogP contribution in [-0.2, 0) is 4.74 Å². The summed E-state index contributed by atoms with van der Waals surface area (Å²) in [6, 6.07) is 4.72. The van der Waals surface area contributed by atoms with Crippen LogP contribution in [0.1, 0.15) is 38.8 Å². The molecule has 1 unspecified atom stereocenters. The zero-order valence-electron chi connectivity index (χ0n) is 12.4. The normalized spacial score (nSPS) is 13.4. The number of rotatable bonds is 7. The van der Waals surface area contributed by atoms with Gasteiger partial charge in [0.25, 0.3) is 0 Å². The molecular weight excluding hydrogens is 245 g/mol. The second-order valence-electron chi connectivity index (χ2n) is 5.08. The number of ether oxygens (including phenoxy) is 2. The summed E-state index contributed by atoms with van der Waals surface area (Å²) < 4.78 is 24.7. The first-order chi connectivity index (χ1) is 8.96. The van der Waals surface area contributed by atoms with Gasteiger partial charge in [-0.1, -0.05) is 13.0 Å². The summed E-state index contributed by atoms with van der Waals surface area (Å²) in [5.41, 5.74) is 0.103. The molecule has 3 nitrogen and oxygen atoms in total. The number of methoxy groups -OCH3 is 2. The lowest BCUT2D eigenvalue weighted by atomic mass is 9.91. The third-order valence-corrected chi connectivity index (χ3v) is 3.34. The van der Waals surface area contributed by atoms with Crippen molar-refractivity contribution in [3.63, 3.8) is 0 Å². The van der Waals surface area contributed by atoms with E-state index < -0.39 is 5.60 Å². The first-order valence-electron chi connectivity index (χ1n) is 6.58. The molecule has 108 valence electrons. The zero-order valence-corrected chi connectivity index (χ0v) is 12.4. The molecule has 1 rings (SSSR count). The first kappa shape index (κ1) is 15.9. The molecule has 0 saturated heterocycles. The average molecular weight is 269 g/mol. The van der Waals surface area contributed by atoms with E-state index in [2.05, 4.69) is 12.2 Å². The van der Waals surface area contributed by atoms with Crippen LogP contribution in [0.3, 0.4) is 0 Å². The Morgan fingerprint density at radius 3 is 2.47 bits per heavy atom. The molecular formula is C15H24FNO2. The molecule has 0 aliphatic heterocycles. The van der Waals surface area contributed by atoms with E-state index in [-0.39, 0.29) is 11.9 Å². The predicted molar refractivity (Wildman–Crippen MR) is 75.1 cm³/mol. The fourth-order valence-corrected chi connectivity index (χ4v) is 2.01. The molecule has 1 N–H and O–H groups in total. The van der Waals surface area contributed by atoms with Crippen LogP contribution in [-0.4, -0.2) is 26.4 Å². The molecule has 1 atom stereocenters. The second kappa shape index (κ2) is 6.87. The van der Waals surface area contributed by atoms with E-state index in [0.717, 1.165) is 13.0 Å². The van der Waals surface area contributed by atoms with E-state index in [9.17, 15) is 4.39 Å². The fraction of sp³-hybridized carbons (Fsp3) is 0.600. The van der Waals surface area contributed by atoms with E-state index in [0.29, 0.717) is 11.3 Å². The smallest absolute Gasteiger partial charge is 0.131 e. The third kappa shape index (κ3) is 3.91. The Balaban J connectivity index is 3.10. The summed E-state index contributed by atoms with van der Waals surface area (Å²) in [6.45, 7) is 6.78. The molecule has 0 aromatic heterocycles. The highest BCUT2D eigenvalue weighted by molar-refractivity contribution is 5.32. The molecule has 0 amide bonds. The third-order valence-electron chi connectivity index (χ3n) is 3.34. The van der Waals surface area contributed by atoms with E-state index >= 15 is 0 Å². The van der Waals surface area contributed by atoms with Crippen LogP contribution in [0.25, 0.3) is 0 Å². The van der Waals surface area contributed by atoms with Crippen LogP contribution in [0.4, 0.5) is 4.39 Å². The van der Waals surface area contributed by atoms with Gasteiger partial charge in [0.05, 0.1) is 18.8 Å². The molecule has 1 aromatic carbocycles. The van der Waals surface area contributed by atoms with Crippen LogP contribution in [0.2, 0.25) is 0 Å². The van der Waals surface area contributed by atoms with E-state index in [1.807, 2.05) is 13.8 Å². The molecule has 0 heterocycles. The Hall–Kier alpha value is -1.13. The summed E-state index contributed by atoms with van der Waals surface area (Å²) in [5.74, 6) is 0.240. The minimum absolute atomic E-state index is 0.205. The van der Waals surface area contributed by atoms with Crippen molar-refractivity contribution in [3.05, 3.63) is 29.6 Å². The van der Waals surface area contributed by atoms with Crippen LogP contribution in [0.5, 0.6) is 5.75 Å². The van der Waals surface area contributed by atoms with Crippen molar-refractivity contribution in [2.24, 2.45) is 0 Å². The SMILES string of the molecule is CCCNC(c1ccc(OC)cc1F)C(C)(C)OC. The minimum Gasteiger partial charge on any atom is -0.497 e. The predicted octanol–water partition coefficient (Wildman–Crippen LogP) is 3.30. The zero-order chi connectivity index (χ0) is 14.5. The standard InChI is InChI=1S/C15H24FNO2/c1-6-9-17-14(15(2,3)19-5)12-8-7-11(18-4)10-13(12)16/h7-8,10,14,17H,6,9H2,1-5H3. The van der Waals surface area contributed by atoms with Gasteiger partial charge in [-0.05, 0) is 32.9 Å². The summed E-state index contributed by atoms with van der Waals surface area (Å²) in [4.78, 5) is 0. The summed E-state index contributed by atoms with van der Waals surface area (Å²) in [6.07, 6.45) is 0.980. The molecule has 0 aliphatic carbocycles. The quantitative estimate of drug-likeness (QED) is 0.824. The van der Waals surface area contributed by atoms with Gasteiger partial charge in [0.2, 0.25) is 0 Å². The molecule has 19 heavy (non-hydrogen) atoms. The molecule has 4 heteroatoms. The second-order valence-corrected chi connectivity index (χ2v) is 5.08. The number of halogens is 1. The Labute approximate surface area is 115 Å². The van der Waals surface area contributed by atoms with Crippen molar-refractivity contribution in [1.29, 1.82) is 0 Å². The van der Waals surface area contributed by atoms with Gasteiger partial charge in [0, 0.05) is 18.7 Å². The molecule has 0 spiro atoms. The van der Waals surface area contributed by atoms with Crippen LogP contribution in [0, 0.1) is 5.82 Å².